The summed E-state index contributed by atoms with van der Waals surface area (Å²) in [6.45, 7) is 0. The van der Waals surface area contributed by atoms with Crippen LogP contribution >= 0.6 is 0 Å². The van der Waals surface area contributed by atoms with Crippen LogP contribution in [0.1, 0.15) is 64.2 Å². The molecule has 0 saturated heterocycles. The maximum Gasteiger partial charge on any atom is 0.133 e. The van der Waals surface area contributed by atoms with Crippen molar-refractivity contribution in [2.24, 2.45) is 11.8 Å². The largest absolute Gasteiger partial charge is 0.300 e. The van der Waals surface area contributed by atoms with Crippen LogP contribution in [-0.2, 0) is 4.79 Å². The van der Waals surface area contributed by atoms with E-state index in [4.69, 9.17) is 0 Å². The summed E-state index contributed by atoms with van der Waals surface area (Å²) in [7, 11) is 0. The molecule has 80 valence electrons. The molecule has 0 aliphatic heterocycles. The average molecular weight is 194 g/mol. The fourth-order valence-corrected chi connectivity index (χ4v) is 3.23. The van der Waals surface area contributed by atoms with Crippen molar-refractivity contribution in [1.29, 1.82) is 0 Å². The predicted molar refractivity (Wildman–Crippen MR) is 58.2 cm³/mol. The van der Waals surface area contributed by atoms with Gasteiger partial charge in [-0.05, 0) is 24.7 Å². The zero-order valence-corrected chi connectivity index (χ0v) is 9.13. The van der Waals surface area contributed by atoms with Crippen molar-refractivity contribution >= 4 is 5.78 Å². The summed E-state index contributed by atoms with van der Waals surface area (Å²) in [5, 5.41) is 0. The van der Waals surface area contributed by atoms with Crippen LogP contribution < -0.4 is 0 Å². The Hall–Kier alpha value is -0.330. The topological polar surface area (TPSA) is 17.1 Å². The van der Waals surface area contributed by atoms with E-state index in [-0.39, 0.29) is 0 Å². The van der Waals surface area contributed by atoms with Gasteiger partial charge in [0.1, 0.15) is 5.78 Å². The zero-order chi connectivity index (χ0) is 9.80. The van der Waals surface area contributed by atoms with Gasteiger partial charge in [-0.1, -0.05) is 38.5 Å². The number of rotatable bonds is 1. The number of Topliss-reactive ketones (excluding diaryl/α,β-unsaturated/α-hetero) is 1. The third kappa shape index (κ3) is 2.59. The molecule has 0 aromatic rings. The van der Waals surface area contributed by atoms with Gasteiger partial charge >= 0.3 is 0 Å². The Kier molecular flexibility index (Phi) is 3.61. The molecule has 1 atom stereocenters. The monoisotopic (exact) mass is 194 g/mol. The summed E-state index contributed by atoms with van der Waals surface area (Å²) < 4.78 is 0. The second-order valence-electron chi connectivity index (χ2n) is 5.15. The highest BCUT2D eigenvalue weighted by atomic mass is 16.1. The zero-order valence-electron chi connectivity index (χ0n) is 9.13. The number of ketones is 1. The van der Waals surface area contributed by atoms with Crippen LogP contribution in [0.2, 0.25) is 0 Å². The molecule has 2 rings (SSSR count). The molecule has 0 unspecified atom stereocenters. The fraction of sp³-hybridized carbons (Fsp3) is 0.923. The SMILES string of the molecule is O=C1CCCC[C@H](C2CCCCC2)C1. The molecule has 0 heterocycles. The van der Waals surface area contributed by atoms with Gasteiger partial charge in [0.25, 0.3) is 0 Å². The molecule has 14 heavy (non-hydrogen) atoms. The van der Waals surface area contributed by atoms with Crippen LogP contribution in [0.3, 0.4) is 0 Å². The Morgan fingerprint density at radius 2 is 1.43 bits per heavy atom. The molecule has 0 bridgehead atoms. The van der Waals surface area contributed by atoms with E-state index in [1.54, 1.807) is 0 Å². The van der Waals surface area contributed by atoms with Gasteiger partial charge in [-0.25, -0.2) is 0 Å². The van der Waals surface area contributed by atoms with E-state index in [1.807, 2.05) is 0 Å². The van der Waals surface area contributed by atoms with E-state index < -0.39 is 0 Å². The quantitative estimate of drug-likeness (QED) is 0.581. The number of carbonyl (C=O) groups is 1. The van der Waals surface area contributed by atoms with Crippen LogP contribution in [0.15, 0.2) is 0 Å². The molecule has 0 spiro atoms. The molecule has 1 nitrogen and oxygen atoms in total. The van der Waals surface area contributed by atoms with Gasteiger partial charge in [0.15, 0.2) is 0 Å². The molecule has 0 radical (unpaired) electrons. The van der Waals surface area contributed by atoms with Gasteiger partial charge in [0, 0.05) is 12.8 Å². The van der Waals surface area contributed by atoms with Crippen molar-refractivity contribution in [3.05, 3.63) is 0 Å². The lowest BCUT2D eigenvalue weighted by atomic mass is 9.77. The maximum absolute atomic E-state index is 11.5. The Balaban J connectivity index is 1.90. The van der Waals surface area contributed by atoms with Crippen molar-refractivity contribution in [3.63, 3.8) is 0 Å². The molecule has 2 aliphatic carbocycles. The Labute approximate surface area is 87.3 Å². The van der Waals surface area contributed by atoms with Crippen LogP contribution in [0, 0.1) is 11.8 Å². The Morgan fingerprint density at radius 3 is 2.21 bits per heavy atom. The molecule has 2 fully saturated rings. The molecule has 2 aliphatic rings. The molecule has 2 saturated carbocycles. The standard InChI is InChI=1S/C13H22O/c14-13-9-5-4-8-12(10-13)11-6-2-1-3-7-11/h11-12H,1-10H2/t12-/m0/s1. The third-order valence-electron chi connectivity index (χ3n) is 4.09. The molecule has 0 amide bonds. The van der Waals surface area contributed by atoms with Gasteiger partial charge in [-0.2, -0.15) is 0 Å². The third-order valence-corrected chi connectivity index (χ3v) is 4.09. The minimum atomic E-state index is 0.540. The molecular formula is C13H22O. The second kappa shape index (κ2) is 4.95. The lowest BCUT2D eigenvalue weighted by Crippen LogP contribution is -2.19. The van der Waals surface area contributed by atoms with Gasteiger partial charge in [-0.3, -0.25) is 4.79 Å². The van der Waals surface area contributed by atoms with Gasteiger partial charge in [0.2, 0.25) is 0 Å². The normalized spacial score (nSPS) is 31.4. The van der Waals surface area contributed by atoms with Crippen molar-refractivity contribution < 1.29 is 4.79 Å². The summed E-state index contributed by atoms with van der Waals surface area (Å²) >= 11 is 0. The lowest BCUT2D eigenvalue weighted by molar-refractivity contribution is -0.120. The smallest absolute Gasteiger partial charge is 0.133 e. The molecular weight excluding hydrogens is 172 g/mol. The fourth-order valence-electron chi connectivity index (χ4n) is 3.23. The van der Waals surface area contributed by atoms with Crippen molar-refractivity contribution in [2.45, 2.75) is 64.2 Å². The highest BCUT2D eigenvalue weighted by Gasteiger charge is 2.26. The number of hydrogen-bond donors (Lipinski definition) is 0. The first-order valence-electron chi connectivity index (χ1n) is 6.38. The minimum absolute atomic E-state index is 0.540. The van der Waals surface area contributed by atoms with E-state index in [1.165, 1.54) is 44.9 Å². The summed E-state index contributed by atoms with van der Waals surface area (Å²) in [4.78, 5) is 11.5. The van der Waals surface area contributed by atoms with E-state index in [2.05, 4.69) is 0 Å². The van der Waals surface area contributed by atoms with Crippen LogP contribution in [0.4, 0.5) is 0 Å². The maximum atomic E-state index is 11.5. The van der Waals surface area contributed by atoms with Gasteiger partial charge < -0.3 is 0 Å². The Bertz CT molecular complexity index is 191. The van der Waals surface area contributed by atoms with Crippen LogP contribution in [0.5, 0.6) is 0 Å². The second-order valence-corrected chi connectivity index (χ2v) is 5.15. The Morgan fingerprint density at radius 1 is 0.786 bits per heavy atom. The predicted octanol–water partition coefficient (Wildman–Crippen LogP) is 3.72. The van der Waals surface area contributed by atoms with E-state index in [0.29, 0.717) is 5.78 Å². The average Bonchev–Trinajstić information content (AvgIpc) is 2.44. The lowest BCUT2D eigenvalue weighted by Gasteiger charge is -2.29. The first-order chi connectivity index (χ1) is 6.86. The van der Waals surface area contributed by atoms with Crippen LogP contribution in [-0.4, -0.2) is 5.78 Å². The highest BCUT2D eigenvalue weighted by molar-refractivity contribution is 5.78. The summed E-state index contributed by atoms with van der Waals surface area (Å²) in [5.41, 5.74) is 0. The first-order valence-corrected chi connectivity index (χ1v) is 6.38. The van der Waals surface area contributed by atoms with Crippen LogP contribution in [0.25, 0.3) is 0 Å². The summed E-state index contributed by atoms with van der Waals surface area (Å²) in [6.07, 6.45) is 12.6. The number of carbonyl (C=O) groups excluding carboxylic acids is 1. The molecule has 0 N–H and O–H groups in total. The van der Waals surface area contributed by atoms with Gasteiger partial charge in [0.05, 0.1) is 0 Å². The molecule has 1 heteroatoms. The van der Waals surface area contributed by atoms with E-state index in [0.717, 1.165) is 31.1 Å². The van der Waals surface area contributed by atoms with Crippen molar-refractivity contribution in [2.75, 3.05) is 0 Å². The molecule has 0 aromatic heterocycles. The van der Waals surface area contributed by atoms with Crippen molar-refractivity contribution in [1.82, 2.24) is 0 Å². The van der Waals surface area contributed by atoms with Gasteiger partial charge in [-0.15, -0.1) is 0 Å². The first kappa shape index (κ1) is 10.2. The van der Waals surface area contributed by atoms with E-state index >= 15 is 0 Å². The van der Waals surface area contributed by atoms with E-state index in [9.17, 15) is 4.79 Å². The summed E-state index contributed by atoms with van der Waals surface area (Å²) in [6, 6.07) is 0. The van der Waals surface area contributed by atoms with Crippen molar-refractivity contribution in [3.8, 4) is 0 Å². The molecule has 0 aromatic carbocycles. The summed E-state index contributed by atoms with van der Waals surface area (Å²) in [5.74, 6) is 2.19. The highest BCUT2D eigenvalue weighted by Crippen LogP contribution is 2.36. The number of hydrogen-bond acceptors (Lipinski definition) is 1. The minimum Gasteiger partial charge on any atom is -0.300 e.